The third kappa shape index (κ3) is 4.22. The molecule has 1 aromatic carbocycles. The molecule has 1 fully saturated rings. The van der Waals surface area contributed by atoms with E-state index in [2.05, 4.69) is 14.7 Å². The molecule has 0 saturated heterocycles. The van der Waals surface area contributed by atoms with Gasteiger partial charge >= 0.3 is 6.36 Å². The lowest BCUT2D eigenvalue weighted by atomic mass is 9.96. The van der Waals surface area contributed by atoms with Crippen LogP contribution >= 0.6 is 11.3 Å². The lowest BCUT2D eigenvalue weighted by Crippen LogP contribution is -2.21. The van der Waals surface area contributed by atoms with E-state index >= 15 is 0 Å². The number of methoxy groups -OCH3 is 1. The van der Waals surface area contributed by atoms with Crippen molar-refractivity contribution >= 4 is 22.7 Å². The normalized spacial score (nSPS) is 16.3. The number of aliphatic imine (C=N–C) groups is 1. The van der Waals surface area contributed by atoms with Gasteiger partial charge in [-0.2, -0.15) is 0 Å². The molecule has 0 aliphatic heterocycles. The Bertz CT molecular complexity index is 873. The van der Waals surface area contributed by atoms with Gasteiger partial charge in [-0.25, -0.2) is 4.98 Å². The number of thiazole rings is 1. The Morgan fingerprint density at radius 1 is 1.36 bits per heavy atom. The Morgan fingerprint density at radius 3 is 2.57 bits per heavy atom. The maximum atomic E-state index is 13.3. The zero-order valence-electron chi connectivity index (χ0n) is 16.3. The van der Waals surface area contributed by atoms with E-state index in [9.17, 15) is 13.2 Å². The molecule has 0 unspecified atom stereocenters. The topological polar surface area (TPSA) is 43.7 Å². The summed E-state index contributed by atoms with van der Waals surface area (Å²) in [6.45, 7) is 5.58. The summed E-state index contributed by atoms with van der Waals surface area (Å²) in [6.07, 6.45) is -0.337. The molecule has 1 aliphatic carbocycles. The molecule has 1 aromatic heterocycles. The van der Waals surface area contributed by atoms with Crippen molar-refractivity contribution < 1.29 is 22.6 Å². The maximum absolute atomic E-state index is 13.3. The molecule has 0 spiro atoms. The highest BCUT2D eigenvalue weighted by molar-refractivity contribution is 7.13. The SMILES string of the molecule is CCCC(C)=Nc1c(C)c(-c2nccs2)cc(C2(OC)CC2)c1OC(F)(F)F. The molecular formula is C20H23F3N2O2S. The first-order chi connectivity index (χ1) is 13.2. The lowest BCUT2D eigenvalue weighted by Gasteiger charge is -2.24. The molecule has 8 heteroatoms. The Labute approximate surface area is 166 Å². The van der Waals surface area contributed by atoms with Gasteiger partial charge in [0.15, 0.2) is 5.75 Å². The first kappa shape index (κ1) is 20.8. The van der Waals surface area contributed by atoms with Crippen LogP contribution in [0.4, 0.5) is 18.9 Å². The Kier molecular flexibility index (Phi) is 5.82. The van der Waals surface area contributed by atoms with Gasteiger partial charge < -0.3 is 9.47 Å². The van der Waals surface area contributed by atoms with Crippen molar-refractivity contribution in [3.63, 3.8) is 0 Å². The Hall–Kier alpha value is -1.93. The Balaban J connectivity index is 2.30. The highest BCUT2D eigenvalue weighted by Gasteiger charge is 2.49. The number of aromatic nitrogens is 1. The first-order valence-electron chi connectivity index (χ1n) is 9.13. The van der Waals surface area contributed by atoms with Gasteiger partial charge in [-0.05, 0) is 44.7 Å². The lowest BCUT2D eigenvalue weighted by molar-refractivity contribution is -0.275. The molecule has 0 atom stereocenters. The van der Waals surface area contributed by atoms with E-state index in [1.807, 2.05) is 19.2 Å². The van der Waals surface area contributed by atoms with Crippen LogP contribution in [0.3, 0.4) is 0 Å². The van der Waals surface area contributed by atoms with Crippen LogP contribution in [0.25, 0.3) is 10.6 Å². The summed E-state index contributed by atoms with van der Waals surface area (Å²) in [4.78, 5) is 8.90. The van der Waals surface area contributed by atoms with Gasteiger partial charge in [0.2, 0.25) is 0 Å². The second-order valence-electron chi connectivity index (χ2n) is 6.95. The second kappa shape index (κ2) is 7.83. The van der Waals surface area contributed by atoms with E-state index in [1.54, 1.807) is 19.2 Å². The number of benzene rings is 1. The summed E-state index contributed by atoms with van der Waals surface area (Å²) in [5.74, 6) is -0.264. The van der Waals surface area contributed by atoms with Crippen LogP contribution in [0.5, 0.6) is 5.75 Å². The van der Waals surface area contributed by atoms with E-state index in [0.717, 1.165) is 22.7 Å². The third-order valence-corrected chi connectivity index (χ3v) is 5.69. The van der Waals surface area contributed by atoms with Crippen LogP contribution in [0, 0.1) is 6.92 Å². The van der Waals surface area contributed by atoms with Gasteiger partial charge in [0.1, 0.15) is 10.7 Å². The standard InChI is InChI=1S/C20H23F3N2O2S/c1-5-6-12(2)25-16-13(3)14(18-24-9-10-28-18)11-15(19(26-4)7-8-19)17(16)27-20(21,22)23/h9-11H,5-8H2,1-4H3. The largest absolute Gasteiger partial charge is 0.573 e. The van der Waals surface area contributed by atoms with Crippen molar-refractivity contribution in [3.8, 4) is 16.3 Å². The molecule has 0 N–H and O–H groups in total. The summed E-state index contributed by atoms with van der Waals surface area (Å²) in [5.41, 5.74) is 1.93. The summed E-state index contributed by atoms with van der Waals surface area (Å²) in [7, 11) is 1.51. The van der Waals surface area contributed by atoms with E-state index in [4.69, 9.17) is 4.74 Å². The van der Waals surface area contributed by atoms with Gasteiger partial charge in [-0.1, -0.05) is 13.3 Å². The summed E-state index contributed by atoms with van der Waals surface area (Å²) in [6, 6.07) is 1.72. The summed E-state index contributed by atoms with van der Waals surface area (Å²) < 4.78 is 50.0. The van der Waals surface area contributed by atoms with Gasteiger partial charge in [0, 0.05) is 35.5 Å². The van der Waals surface area contributed by atoms with Crippen LogP contribution in [0.15, 0.2) is 22.6 Å². The summed E-state index contributed by atoms with van der Waals surface area (Å²) >= 11 is 1.43. The zero-order valence-corrected chi connectivity index (χ0v) is 17.1. The fraction of sp³-hybridized carbons (Fsp3) is 0.500. The van der Waals surface area contributed by atoms with Crippen LogP contribution < -0.4 is 4.74 Å². The monoisotopic (exact) mass is 412 g/mol. The molecule has 1 heterocycles. The highest BCUT2D eigenvalue weighted by atomic mass is 32.1. The van der Waals surface area contributed by atoms with Gasteiger partial charge in [0.05, 0.1) is 5.60 Å². The van der Waals surface area contributed by atoms with Crippen molar-refractivity contribution in [2.75, 3.05) is 7.11 Å². The Morgan fingerprint density at radius 2 is 2.07 bits per heavy atom. The molecule has 2 aromatic rings. The van der Waals surface area contributed by atoms with Gasteiger partial charge in [-0.15, -0.1) is 24.5 Å². The second-order valence-corrected chi connectivity index (χ2v) is 7.85. The average Bonchev–Trinajstić information content (AvgIpc) is 3.22. The minimum Gasteiger partial charge on any atom is -0.403 e. The maximum Gasteiger partial charge on any atom is 0.573 e. The van der Waals surface area contributed by atoms with Gasteiger partial charge in [0.25, 0.3) is 0 Å². The fourth-order valence-electron chi connectivity index (χ4n) is 3.32. The highest BCUT2D eigenvalue weighted by Crippen LogP contribution is 2.56. The van der Waals surface area contributed by atoms with Gasteiger partial charge in [-0.3, -0.25) is 4.99 Å². The van der Waals surface area contributed by atoms with Crippen LogP contribution in [0.2, 0.25) is 0 Å². The number of halogens is 3. The predicted molar refractivity (Wildman–Crippen MR) is 105 cm³/mol. The number of hydrogen-bond donors (Lipinski definition) is 0. The van der Waals surface area contributed by atoms with E-state index < -0.39 is 12.0 Å². The predicted octanol–water partition coefficient (Wildman–Crippen LogP) is 6.55. The molecule has 0 radical (unpaired) electrons. The molecule has 1 aliphatic rings. The molecular weight excluding hydrogens is 389 g/mol. The van der Waals surface area contributed by atoms with Crippen LogP contribution in [-0.2, 0) is 10.3 Å². The number of hydrogen-bond acceptors (Lipinski definition) is 5. The number of rotatable bonds is 7. The number of nitrogens with zero attached hydrogens (tertiary/aromatic N) is 2. The minimum absolute atomic E-state index is 0.203. The molecule has 0 amide bonds. The first-order valence-corrected chi connectivity index (χ1v) is 10.0. The van der Waals surface area contributed by atoms with E-state index in [1.165, 1.54) is 18.4 Å². The molecule has 1 saturated carbocycles. The fourth-order valence-corrected chi connectivity index (χ4v) is 4.03. The summed E-state index contributed by atoms with van der Waals surface area (Å²) in [5, 5.41) is 2.57. The van der Waals surface area contributed by atoms with Crippen molar-refractivity contribution in [1.82, 2.24) is 4.98 Å². The molecule has 152 valence electrons. The number of alkyl halides is 3. The van der Waals surface area contributed by atoms with Crippen molar-refractivity contribution in [2.45, 2.75) is 58.4 Å². The third-order valence-electron chi connectivity index (χ3n) is 4.89. The van der Waals surface area contributed by atoms with Crippen molar-refractivity contribution in [1.29, 1.82) is 0 Å². The molecule has 4 nitrogen and oxygen atoms in total. The number of ether oxygens (including phenoxy) is 2. The minimum atomic E-state index is -4.82. The molecule has 3 rings (SSSR count). The van der Waals surface area contributed by atoms with Crippen molar-refractivity contribution in [3.05, 3.63) is 28.8 Å². The molecule has 0 bridgehead atoms. The van der Waals surface area contributed by atoms with Crippen molar-refractivity contribution in [2.24, 2.45) is 4.99 Å². The zero-order chi connectivity index (χ0) is 20.5. The smallest absolute Gasteiger partial charge is 0.403 e. The average molecular weight is 412 g/mol. The van der Waals surface area contributed by atoms with Crippen LogP contribution in [0.1, 0.15) is 50.7 Å². The van der Waals surface area contributed by atoms with Crippen LogP contribution in [-0.4, -0.2) is 24.2 Å². The van der Waals surface area contributed by atoms with E-state index in [-0.39, 0.29) is 11.4 Å². The quantitative estimate of drug-likeness (QED) is 0.485. The van der Waals surface area contributed by atoms with E-state index in [0.29, 0.717) is 30.4 Å². The molecule has 28 heavy (non-hydrogen) atoms.